The van der Waals surface area contributed by atoms with Crippen LogP contribution in [0.1, 0.15) is 63.0 Å². The Morgan fingerprint density at radius 1 is 1.00 bits per heavy atom. The van der Waals surface area contributed by atoms with Gasteiger partial charge in [-0.05, 0) is 49.8 Å². The van der Waals surface area contributed by atoms with Crippen molar-refractivity contribution in [2.45, 2.75) is 68.7 Å². The van der Waals surface area contributed by atoms with Crippen molar-refractivity contribution >= 4 is 11.8 Å². The summed E-state index contributed by atoms with van der Waals surface area (Å²) in [5.74, 6) is 0.842. The van der Waals surface area contributed by atoms with Crippen LogP contribution < -0.4 is 5.32 Å². The van der Waals surface area contributed by atoms with Crippen LogP contribution in [0.2, 0.25) is 0 Å². The Bertz CT molecular complexity index is 413. The van der Waals surface area contributed by atoms with Crippen LogP contribution >= 0.6 is 11.8 Å². The first-order valence-corrected chi connectivity index (χ1v) is 9.99. The zero-order valence-corrected chi connectivity index (χ0v) is 14.1. The molecule has 116 valence electrons. The highest BCUT2D eigenvalue weighted by Crippen LogP contribution is 2.37. The van der Waals surface area contributed by atoms with E-state index in [4.69, 9.17) is 0 Å². The fourth-order valence-electron chi connectivity index (χ4n) is 4.19. The molecule has 0 aliphatic heterocycles. The second kappa shape index (κ2) is 7.69. The zero-order chi connectivity index (χ0) is 14.5. The standard InChI is InChI=1S/C19H29NS/c1-21-18-13-12-17(14-18)20-19(15-8-4-2-5-9-15)16-10-6-3-7-11-16/h2,4-5,8-9,16-20H,3,6-7,10-14H2,1H3. The Hall–Kier alpha value is -0.470. The molecule has 1 aromatic rings. The lowest BCUT2D eigenvalue weighted by atomic mass is 9.81. The third-order valence-corrected chi connectivity index (χ3v) is 6.51. The van der Waals surface area contributed by atoms with Crippen LogP contribution in [0.3, 0.4) is 0 Å². The lowest BCUT2D eigenvalue weighted by Crippen LogP contribution is -2.36. The van der Waals surface area contributed by atoms with E-state index >= 15 is 0 Å². The fourth-order valence-corrected chi connectivity index (χ4v) is 4.99. The molecule has 0 spiro atoms. The highest BCUT2D eigenvalue weighted by atomic mass is 32.2. The molecule has 0 aromatic heterocycles. The van der Waals surface area contributed by atoms with E-state index in [2.05, 4.69) is 53.7 Å². The minimum Gasteiger partial charge on any atom is -0.307 e. The third-order valence-electron chi connectivity index (χ3n) is 5.41. The first-order valence-electron chi connectivity index (χ1n) is 8.70. The summed E-state index contributed by atoms with van der Waals surface area (Å²) in [6.07, 6.45) is 13.5. The molecule has 0 bridgehead atoms. The number of thioether (sulfide) groups is 1. The molecule has 0 radical (unpaired) electrons. The van der Waals surface area contributed by atoms with E-state index in [9.17, 15) is 0 Å². The Morgan fingerprint density at radius 3 is 2.43 bits per heavy atom. The number of benzene rings is 1. The van der Waals surface area contributed by atoms with Crippen LogP contribution in [-0.4, -0.2) is 17.5 Å². The zero-order valence-electron chi connectivity index (χ0n) is 13.3. The maximum absolute atomic E-state index is 4.05. The summed E-state index contributed by atoms with van der Waals surface area (Å²) >= 11 is 2.05. The van der Waals surface area contributed by atoms with Gasteiger partial charge in [-0.15, -0.1) is 0 Å². The minimum absolute atomic E-state index is 0.581. The second-order valence-corrected chi connectivity index (χ2v) is 7.96. The van der Waals surface area contributed by atoms with Crippen molar-refractivity contribution < 1.29 is 0 Å². The van der Waals surface area contributed by atoms with Crippen molar-refractivity contribution in [1.82, 2.24) is 5.32 Å². The summed E-state index contributed by atoms with van der Waals surface area (Å²) in [5, 5.41) is 4.93. The van der Waals surface area contributed by atoms with E-state index in [-0.39, 0.29) is 0 Å². The lowest BCUT2D eigenvalue weighted by Gasteiger charge is -2.33. The first-order chi connectivity index (χ1) is 10.4. The molecule has 21 heavy (non-hydrogen) atoms. The maximum Gasteiger partial charge on any atom is 0.0351 e. The van der Waals surface area contributed by atoms with Crippen LogP contribution in [0.4, 0.5) is 0 Å². The van der Waals surface area contributed by atoms with Gasteiger partial charge >= 0.3 is 0 Å². The van der Waals surface area contributed by atoms with E-state index in [0.29, 0.717) is 6.04 Å². The molecule has 3 unspecified atom stereocenters. The van der Waals surface area contributed by atoms with Crippen molar-refractivity contribution in [2.24, 2.45) is 5.92 Å². The molecule has 3 atom stereocenters. The van der Waals surface area contributed by atoms with Crippen LogP contribution in [0.5, 0.6) is 0 Å². The molecule has 1 aromatic carbocycles. The van der Waals surface area contributed by atoms with Gasteiger partial charge in [-0.3, -0.25) is 0 Å². The van der Waals surface area contributed by atoms with Gasteiger partial charge in [-0.25, -0.2) is 0 Å². The molecule has 1 nitrogen and oxygen atoms in total. The summed E-state index contributed by atoms with van der Waals surface area (Å²) in [4.78, 5) is 0. The summed E-state index contributed by atoms with van der Waals surface area (Å²) in [5.41, 5.74) is 1.51. The summed E-state index contributed by atoms with van der Waals surface area (Å²) in [6, 6.07) is 12.5. The number of rotatable bonds is 5. The van der Waals surface area contributed by atoms with Crippen LogP contribution in [0.15, 0.2) is 30.3 Å². The molecule has 2 aliphatic carbocycles. The van der Waals surface area contributed by atoms with Gasteiger partial charge in [0.15, 0.2) is 0 Å². The van der Waals surface area contributed by atoms with Crippen molar-refractivity contribution in [2.75, 3.05) is 6.26 Å². The predicted molar refractivity (Wildman–Crippen MR) is 93.8 cm³/mol. The molecule has 0 amide bonds. The van der Waals surface area contributed by atoms with Crippen molar-refractivity contribution in [1.29, 1.82) is 0 Å². The summed E-state index contributed by atoms with van der Waals surface area (Å²) < 4.78 is 0. The number of hydrogen-bond donors (Lipinski definition) is 1. The average Bonchev–Trinajstić information content (AvgIpc) is 3.02. The van der Waals surface area contributed by atoms with Crippen molar-refractivity contribution in [3.05, 3.63) is 35.9 Å². The van der Waals surface area contributed by atoms with Crippen LogP contribution in [-0.2, 0) is 0 Å². The normalized spacial score (nSPS) is 28.6. The summed E-state index contributed by atoms with van der Waals surface area (Å²) in [6.45, 7) is 0. The van der Waals surface area contributed by atoms with E-state index in [1.54, 1.807) is 0 Å². The Kier molecular flexibility index (Phi) is 5.65. The molecule has 3 rings (SSSR count). The highest BCUT2D eigenvalue weighted by Gasteiger charge is 2.30. The first kappa shape index (κ1) is 15.4. The topological polar surface area (TPSA) is 12.0 Å². The van der Waals surface area contributed by atoms with Gasteiger partial charge in [-0.1, -0.05) is 49.6 Å². The molecule has 1 N–H and O–H groups in total. The van der Waals surface area contributed by atoms with E-state index < -0.39 is 0 Å². The van der Waals surface area contributed by atoms with Crippen molar-refractivity contribution in [3.8, 4) is 0 Å². The van der Waals surface area contributed by atoms with E-state index in [0.717, 1.165) is 17.2 Å². The van der Waals surface area contributed by atoms with Crippen LogP contribution in [0.25, 0.3) is 0 Å². The second-order valence-electron chi connectivity index (χ2n) is 6.82. The van der Waals surface area contributed by atoms with Gasteiger partial charge in [0.1, 0.15) is 0 Å². The molecular formula is C19H29NS. The van der Waals surface area contributed by atoms with Gasteiger partial charge in [-0.2, -0.15) is 11.8 Å². The summed E-state index contributed by atoms with van der Waals surface area (Å²) in [7, 11) is 0. The van der Waals surface area contributed by atoms with Crippen molar-refractivity contribution in [3.63, 3.8) is 0 Å². The largest absolute Gasteiger partial charge is 0.307 e. The van der Waals surface area contributed by atoms with Crippen LogP contribution in [0, 0.1) is 5.92 Å². The SMILES string of the molecule is CSC1CCC(NC(c2ccccc2)C2CCCCC2)C1. The van der Waals surface area contributed by atoms with Gasteiger partial charge in [0.2, 0.25) is 0 Å². The smallest absolute Gasteiger partial charge is 0.0351 e. The van der Waals surface area contributed by atoms with Gasteiger partial charge in [0, 0.05) is 17.3 Å². The monoisotopic (exact) mass is 303 g/mol. The number of nitrogens with one attached hydrogen (secondary N) is 1. The fraction of sp³-hybridized carbons (Fsp3) is 0.684. The maximum atomic E-state index is 4.05. The predicted octanol–water partition coefficient (Wildman–Crippen LogP) is 5.18. The lowest BCUT2D eigenvalue weighted by molar-refractivity contribution is 0.253. The van der Waals surface area contributed by atoms with Gasteiger partial charge in [0.25, 0.3) is 0 Å². The Morgan fingerprint density at radius 2 is 1.76 bits per heavy atom. The van der Waals surface area contributed by atoms with E-state index in [1.165, 1.54) is 56.9 Å². The molecule has 2 saturated carbocycles. The third kappa shape index (κ3) is 4.04. The van der Waals surface area contributed by atoms with E-state index in [1.807, 2.05) is 0 Å². The molecule has 0 heterocycles. The molecule has 2 aliphatic rings. The number of hydrogen-bond acceptors (Lipinski definition) is 2. The average molecular weight is 304 g/mol. The molecule has 0 saturated heterocycles. The quantitative estimate of drug-likeness (QED) is 0.804. The van der Waals surface area contributed by atoms with Gasteiger partial charge in [0.05, 0.1) is 0 Å². The molecule has 2 fully saturated rings. The Balaban J connectivity index is 1.70. The molecular weight excluding hydrogens is 274 g/mol. The van der Waals surface area contributed by atoms with Gasteiger partial charge < -0.3 is 5.32 Å². The minimum atomic E-state index is 0.581. The highest BCUT2D eigenvalue weighted by molar-refractivity contribution is 7.99. The molecule has 2 heteroatoms. The Labute approximate surface area is 134 Å².